The van der Waals surface area contributed by atoms with Gasteiger partial charge in [0.1, 0.15) is 11.5 Å². The van der Waals surface area contributed by atoms with E-state index in [1.807, 2.05) is 24.3 Å². The number of halogens is 2. The third-order valence-electron chi connectivity index (χ3n) is 5.43. The largest absolute Gasteiger partial charge is 0.422 e. The van der Waals surface area contributed by atoms with Gasteiger partial charge >= 0.3 is 11.9 Å². The fraction of sp³-hybridized carbons (Fsp3) is 0.250. The Balaban J connectivity index is 2.01. The van der Waals surface area contributed by atoms with Crippen molar-refractivity contribution in [2.24, 2.45) is 0 Å². The molecule has 156 valence electrons. The summed E-state index contributed by atoms with van der Waals surface area (Å²) in [5.74, 6) is -0.538. The van der Waals surface area contributed by atoms with Crippen molar-refractivity contribution < 1.29 is 19.1 Å². The van der Waals surface area contributed by atoms with Gasteiger partial charge in [-0.1, -0.05) is 67.8 Å². The topological polar surface area (TPSA) is 52.6 Å². The summed E-state index contributed by atoms with van der Waals surface area (Å²) in [5.41, 5.74) is 1.77. The van der Waals surface area contributed by atoms with Crippen LogP contribution in [0.1, 0.15) is 43.2 Å². The Morgan fingerprint density at radius 1 is 0.800 bits per heavy atom. The molecule has 2 aromatic carbocycles. The van der Waals surface area contributed by atoms with E-state index in [1.54, 1.807) is 12.1 Å². The van der Waals surface area contributed by atoms with Gasteiger partial charge in [0, 0.05) is 17.6 Å². The van der Waals surface area contributed by atoms with E-state index in [0.717, 1.165) is 55.4 Å². The van der Waals surface area contributed by atoms with E-state index in [0.29, 0.717) is 21.5 Å². The molecule has 3 rings (SSSR count). The summed E-state index contributed by atoms with van der Waals surface area (Å²) in [5, 5.41) is 0.713. The maximum atomic E-state index is 11.5. The monoisotopic (exact) mass is 444 g/mol. The van der Waals surface area contributed by atoms with Gasteiger partial charge in [-0.15, -0.1) is 0 Å². The maximum Gasteiger partial charge on any atom is 0.335 e. The Morgan fingerprint density at radius 2 is 1.23 bits per heavy atom. The van der Waals surface area contributed by atoms with Crippen molar-refractivity contribution in [3.63, 3.8) is 0 Å². The molecule has 6 heteroatoms. The Hall–Kier alpha value is -2.56. The predicted octanol–water partition coefficient (Wildman–Crippen LogP) is 6.43. The summed E-state index contributed by atoms with van der Waals surface area (Å²) in [4.78, 5) is 23.0. The smallest absolute Gasteiger partial charge is 0.335 e. The molecule has 1 saturated carbocycles. The molecule has 0 saturated heterocycles. The van der Waals surface area contributed by atoms with Crippen LogP contribution in [0.3, 0.4) is 0 Å². The number of benzene rings is 2. The van der Waals surface area contributed by atoms with E-state index >= 15 is 0 Å². The van der Waals surface area contributed by atoms with E-state index in [9.17, 15) is 9.59 Å². The first kappa shape index (κ1) is 22.1. The molecule has 0 N–H and O–H groups in total. The molecular weight excluding hydrogens is 423 g/mol. The van der Waals surface area contributed by atoms with Crippen LogP contribution in [-0.4, -0.2) is 11.9 Å². The summed E-state index contributed by atoms with van der Waals surface area (Å²) in [6.45, 7) is 6.80. The zero-order valence-corrected chi connectivity index (χ0v) is 18.0. The van der Waals surface area contributed by atoms with Crippen LogP contribution < -0.4 is 9.47 Å². The lowest BCUT2D eigenvalue weighted by atomic mass is 9.65. The van der Waals surface area contributed by atoms with Gasteiger partial charge < -0.3 is 9.47 Å². The fourth-order valence-electron chi connectivity index (χ4n) is 3.96. The van der Waals surface area contributed by atoms with Gasteiger partial charge in [0.15, 0.2) is 0 Å². The molecule has 1 aliphatic rings. The first-order valence-electron chi connectivity index (χ1n) is 9.68. The molecule has 4 nitrogen and oxygen atoms in total. The standard InChI is InChI=1S/C24H22Cl2O4/c1-3-22(27)29-20-10-8-16(14-18(20)25)24(12-6-5-7-13-24)17-9-11-21(19(26)15-17)30-23(28)4-2/h3-4,8-11,14-15H,1-2,5-7,12-13H2. The molecule has 0 heterocycles. The molecule has 0 unspecified atom stereocenters. The van der Waals surface area contributed by atoms with Gasteiger partial charge in [0.25, 0.3) is 0 Å². The average molecular weight is 445 g/mol. The number of hydrogen-bond acceptors (Lipinski definition) is 4. The fourth-order valence-corrected chi connectivity index (χ4v) is 4.40. The van der Waals surface area contributed by atoms with Gasteiger partial charge in [0.05, 0.1) is 10.0 Å². The number of carbonyl (C=O) groups excluding carboxylic acids is 2. The van der Waals surface area contributed by atoms with E-state index < -0.39 is 11.9 Å². The molecule has 0 spiro atoms. The van der Waals surface area contributed by atoms with Crippen molar-refractivity contribution in [1.82, 2.24) is 0 Å². The molecule has 0 atom stereocenters. The predicted molar refractivity (Wildman–Crippen MR) is 118 cm³/mol. The van der Waals surface area contributed by atoms with E-state index in [2.05, 4.69) is 13.2 Å². The van der Waals surface area contributed by atoms with E-state index in [-0.39, 0.29) is 5.41 Å². The van der Waals surface area contributed by atoms with Gasteiger partial charge in [-0.05, 0) is 48.2 Å². The lowest BCUT2D eigenvalue weighted by molar-refractivity contribution is -0.129. The summed E-state index contributed by atoms with van der Waals surface area (Å²) >= 11 is 12.8. The van der Waals surface area contributed by atoms with Crippen LogP contribution in [0, 0.1) is 0 Å². The highest BCUT2D eigenvalue weighted by Crippen LogP contribution is 2.47. The average Bonchev–Trinajstić information content (AvgIpc) is 2.76. The highest BCUT2D eigenvalue weighted by Gasteiger charge is 2.36. The second-order valence-electron chi connectivity index (χ2n) is 7.18. The molecule has 1 aliphatic carbocycles. The zero-order chi connectivity index (χ0) is 21.7. The Labute approximate surface area is 186 Å². The lowest BCUT2D eigenvalue weighted by Crippen LogP contribution is -2.30. The van der Waals surface area contributed by atoms with Crippen LogP contribution in [-0.2, 0) is 15.0 Å². The van der Waals surface area contributed by atoms with Crippen molar-refractivity contribution >= 4 is 35.1 Å². The number of hydrogen-bond donors (Lipinski definition) is 0. The first-order chi connectivity index (χ1) is 14.4. The second kappa shape index (κ2) is 9.50. The molecule has 0 radical (unpaired) electrons. The maximum absolute atomic E-state index is 11.5. The minimum atomic E-state index is -0.562. The number of carbonyl (C=O) groups is 2. The van der Waals surface area contributed by atoms with Crippen molar-refractivity contribution in [3.05, 3.63) is 82.9 Å². The molecule has 0 aromatic heterocycles. The molecule has 0 amide bonds. The van der Waals surface area contributed by atoms with Crippen LogP contribution in [0.4, 0.5) is 0 Å². The minimum absolute atomic E-state index is 0.284. The van der Waals surface area contributed by atoms with Crippen molar-refractivity contribution in [2.75, 3.05) is 0 Å². The summed E-state index contributed by atoms with van der Waals surface area (Å²) in [7, 11) is 0. The lowest BCUT2D eigenvalue weighted by Gasteiger charge is -2.39. The Morgan fingerprint density at radius 3 is 1.60 bits per heavy atom. The molecule has 2 aromatic rings. The van der Waals surface area contributed by atoms with Gasteiger partial charge in [-0.3, -0.25) is 0 Å². The molecule has 0 aliphatic heterocycles. The molecule has 1 fully saturated rings. The van der Waals surface area contributed by atoms with Crippen LogP contribution in [0.25, 0.3) is 0 Å². The van der Waals surface area contributed by atoms with Crippen molar-refractivity contribution in [2.45, 2.75) is 37.5 Å². The van der Waals surface area contributed by atoms with Gasteiger partial charge in [0.2, 0.25) is 0 Å². The quantitative estimate of drug-likeness (QED) is 0.292. The zero-order valence-electron chi connectivity index (χ0n) is 16.5. The summed E-state index contributed by atoms with van der Waals surface area (Å²) in [6.07, 6.45) is 7.33. The number of ether oxygens (including phenoxy) is 2. The second-order valence-corrected chi connectivity index (χ2v) is 8.00. The first-order valence-corrected chi connectivity index (χ1v) is 10.4. The number of esters is 2. The highest BCUT2D eigenvalue weighted by molar-refractivity contribution is 6.32. The van der Waals surface area contributed by atoms with Crippen molar-refractivity contribution in [1.29, 1.82) is 0 Å². The highest BCUT2D eigenvalue weighted by atomic mass is 35.5. The summed E-state index contributed by atoms with van der Waals surface area (Å²) in [6, 6.07) is 11.0. The van der Waals surface area contributed by atoms with Crippen molar-refractivity contribution in [3.8, 4) is 11.5 Å². The van der Waals surface area contributed by atoms with Crippen LogP contribution >= 0.6 is 23.2 Å². The summed E-state index contributed by atoms with van der Waals surface area (Å²) < 4.78 is 10.4. The Bertz CT molecular complexity index is 917. The molecule has 0 bridgehead atoms. The van der Waals surface area contributed by atoms with Crippen LogP contribution in [0.2, 0.25) is 10.0 Å². The third-order valence-corrected chi connectivity index (χ3v) is 6.02. The third kappa shape index (κ3) is 4.61. The molecule has 30 heavy (non-hydrogen) atoms. The van der Waals surface area contributed by atoms with Gasteiger partial charge in [-0.2, -0.15) is 0 Å². The van der Waals surface area contributed by atoms with Crippen LogP contribution in [0.5, 0.6) is 11.5 Å². The normalized spacial score (nSPS) is 15.1. The van der Waals surface area contributed by atoms with Crippen LogP contribution in [0.15, 0.2) is 61.7 Å². The SMILES string of the molecule is C=CC(=O)Oc1ccc(C2(c3ccc(OC(=O)C=C)c(Cl)c3)CCCCC2)cc1Cl. The van der Waals surface area contributed by atoms with E-state index in [4.69, 9.17) is 32.7 Å². The van der Waals surface area contributed by atoms with E-state index in [1.165, 1.54) is 0 Å². The number of rotatable bonds is 6. The minimum Gasteiger partial charge on any atom is -0.422 e. The Kier molecular flexibility index (Phi) is 7.01. The molecular formula is C24H22Cl2O4. The van der Waals surface area contributed by atoms with Gasteiger partial charge in [-0.25, -0.2) is 9.59 Å².